The van der Waals surface area contributed by atoms with Gasteiger partial charge in [0.25, 0.3) is 5.91 Å². The van der Waals surface area contributed by atoms with E-state index in [0.717, 1.165) is 10.2 Å². The summed E-state index contributed by atoms with van der Waals surface area (Å²) in [4.78, 5) is 16.3. The van der Waals surface area contributed by atoms with Crippen LogP contribution in [0.5, 0.6) is 0 Å². The molecule has 2 N–H and O–H groups in total. The molecule has 0 aliphatic carbocycles. The molecule has 3 rings (SSSR count). The standard InChI is InChI=1S/C15H11FN4O/c16-12-9-5-4-8-11(12)14(21)20-15(17)18-13(19-20)10-6-2-1-3-7-10/h1-9H,(H2,17,18,19). The number of benzene rings is 2. The first-order chi connectivity index (χ1) is 10.2. The number of halogens is 1. The van der Waals surface area contributed by atoms with Crippen molar-refractivity contribution in [3.8, 4) is 11.4 Å². The van der Waals surface area contributed by atoms with Gasteiger partial charge in [-0.25, -0.2) is 4.39 Å². The zero-order valence-corrected chi connectivity index (χ0v) is 10.9. The van der Waals surface area contributed by atoms with Gasteiger partial charge in [0.2, 0.25) is 5.95 Å². The number of nitrogens with two attached hydrogens (primary N) is 1. The number of aromatic nitrogens is 3. The molecule has 0 radical (unpaired) electrons. The van der Waals surface area contributed by atoms with E-state index < -0.39 is 11.7 Å². The van der Waals surface area contributed by atoms with Crippen molar-refractivity contribution in [1.82, 2.24) is 14.8 Å². The molecule has 0 bridgehead atoms. The molecule has 0 saturated heterocycles. The number of nitrogens with zero attached hydrogens (tertiary/aromatic N) is 3. The third-order valence-electron chi connectivity index (χ3n) is 2.96. The fourth-order valence-corrected chi connectivity index (χ4v) is 1.93. The molecule has 0 unspecified atom stereocenters. The first-order valence-corrected chi connectivity index (χ1v) is 6.24. The van der Waals surface area contributed by atoms with Crippen molar-refractivity contribution in [2.75, 3.05) is 5.73 Å². The molecule has 21 heavy (non-hydrogen) atoms. The van der Waals surface area contributed by atoms with Gasteiger partial charge in [-0.05, 0) is 12.1 Å². The van der Waals surface area contributed by atoms with E-state index in [1.807, 2.05) is 18.2 Å². The molecule has 0 aliphatic heterocycles. The van der Waals surface area contributed by atoms with Crippen LogP contribution in [0.25, 0.3) is 11.4 Å². The van der Waals surface area contributed by atoms with E-state index in [9.17, 15) is 9.18 Å². The summed E-state index contributed by atoms with van der Waals surface area (Å²) >= 11 is 0. The van der Waals surface area contributed by atoms with Crippen LogP contribution < -0.4 is 5.73 Å². The van der Waals surface area contributed by atoms with Gasteiger partial charge >= 0.3 is 0 Å². The average Bonchev–Trinajstić information content (AvgIpc) is 2.90. The third-order valence-corrected chi connectivity index (χ3v) is 2.96. The van der Waals surface area contributed by atoms with Crippen LogP contribution in [-0.4, -0.2) is 20.7 Å². The lowest BCUT2D eigenvalue weighted by Crippen LogP contribution is -2.17. The van der Waals surface area contributed by atoms with Crippen molar-refractivity contribution < 1.29 is 9.18 Å². The van der Waals surface area contributed by atoms with E-state index in [1.165, 1.54) is 18.2 Å². The Labute approximate surface area is 119 Å². The van der Waals surface area contributed by atoms with Gasteiger partial charge in [-0.3, -0.25) is 4.79 Å². The molecular weight excluding hydrogens is 271 g/mol. The summed E-state index contributed by atoms with van der Waals surface area (Å²) in [6.07, 6.45) is 0. The van der Waals surface area contributed by atoms with E-state index in [1.54, 1.807) is 18.2 Å². The van der Waals surface area contributed by atoms with Gasteiger partial charge in [-0.2, -0.15) is 9.67 Å². The topological polar surface area (TPSA) is 73.8 Å². The molecule has 0 spiro atoms. The SMILES string of the molecule is Nc1nc(-c2ccccc2)nn1C(=O)c1ccccc1F. The minimum absolute atomic E-state index is 0.0814. The van der Waals surface area contributed by atoms with E-state index in [4.69, 9.17) is 5.73 Å². The van der Waals surface area contributed by atoms with E-state index in [0.29, 0.717) is 5.82 Å². The monoisotopic (exact) mass is 282 g/mol. The normalized spacial score (nSPS) is 10.5. The second-order valence-corrected chi connectivity index (χ2v) is 4.36. The lowest BCUT2D eigenvalue weighted by atomic mass is 10.2. The van der Waals surface area contributed by atoms with Crippen LogP contribution in [0.3, 0.4) is 0 Å². The Bertz CT molecular complexity index is 798. The summed E-state index contributed by atoms with van der Waals surface area (Å²) in [5.74, 6) is -1.04. The van der Waals surface area contributed by atoms with Crippen molar-refractivity contribution in [3.05, 3.63) is 66.0 Å². The lowest BCUT2D eigenvalue weighted by Gasteiger charge is -2.02. The third kappa shape index (κ3) is 2.38. The molecule has 2 aromatic carbocycles. The van der Waals surface area contributed by atoms with Gasteiger partial charge in [-0.15, -0.1) is 5.10 Å². The Kier molecular flexibility index (Phi) is 3.19. The quantitative estimate of drug-likeness (QED) is 0.783. The number of rotatable bonds is 2. The lowest BCUT2D eigenvalue weighted by molar-refractivity contribution is 0.0944. The highest BCUT2D eigenvalue weighted by Gasteiger charge is 2.19. The zero-order chi connectivity index (χ0) is 14.8. The van der Waals surface area contributed by atoms with E-state index in [2.05, 4.69) is 10.1 Å². The second-order valence-electron chi connectivity index (χ2n) is 4.36. The summed E-state index contributed by atoms with van der Waals surface area (Å²) in [5, 5.41) is 4.06. The maximum atomic E-state index is 13.7. The number of hydrogen-bond donors (Lipinski definition) is 1. The van der Waals surface area contributed by atoms with Crippen molar-refractivity contribution in [1.29, 1.82) is 0 Å². The van der Waals surface area contributed by atoms with Gasteiger partial charge in [0.05, 0.1) is 5.56 Å². The molecule has 0 saturated carbocycles. The van der Waals surface area contributed by atoms with Crippen LogP contribution in [0.4, 0.5) is 10.3 Å². The minimum Gasteiger partial charge on any atom is -0.368 e. The molecule has 1 heterocycles. The maximum Gasteiger partial charge on any atom is 0.284 e. The average molecular weight is 282 g/mol. The Morgan fingerprint density at radius 1 is 1.05 bits per heavy atom. The summed E-state index contributed by atoms with van der Waals surface area (Å²) in [5.41, 5.74) is 6.34. The van der Waals surface area contributed by atoms with Gasteiger partial charge in [0, 0.05) is 5.56 Å². The van der Waals surface area contributed by atoms with Gasteiger partial charge < -0.3 is 5.73 Å². The number of carbonyl (C=O) groups excluding carboxylic acids is 1. The Morgan fingerprint density at radius 2 is 1.71 bits per heavy atom. The largest absolute Gasteiger partial charge is 0.368 e. The Hall–Kier alpha value is -3.02. The Balaban J connectivity index is 2.03. The first kappa shape index (κ1) is 13.0. The summed E-state index contributed by atoms with van der Waals surface area (Å²) in [6, 6.07) is 14.8. The van der Waals surface area contributed by atoms with Crippen LogP contribution in [0.1, 0.15) is 10.4 Å². The van der Waals surface area contributed by atoms with Crippen LogP contribution in [0.2, 0.25) is 0 Å². The fourth-order valence-electron chi connectivity index (χ4n) is 1.93. The Morgan fingerprint density at radius 3 is 2.43 bits per heavy atom. The second kappa shape index (κ2) is 5.16. The number of carbonyl (C=O) groups is 1. The number of hydrogen-bond acceptors (Lipinski definition) is 4. The van der Waals surface area contributed by atoms with Crippen LogP contribution in [0, 0.1) is 5.82 Å². The smallest absolute Gasteiger partial charge is 0.284 e. The highest BCUT2D eigenvalue weighted by molar-refractivity contribution is 5.97. The highest BCUT2D eigenvalue weighted by Crippen LogP contribution is 2.17. The van der Waals surface area contributed by atoms with Gasteiger partial charge in [0.1, 0.15) is 5.82 Å². The molecule has 1 aromatic heterocycles. The molecule has 0 atom stereocenters. The van der Waals surface area contributed by atoms with Crippen molar-refractivity contribution >= 4 is 11.9 Å². The number of anilines is 1. The minimum atomic E-state index is -0.653. The molecule has 5 nitrogen and oxygen atoms in total. The van der Waals surface area contributed by atoms with Crippen molar-refractivity contribution in [2.24, 2.45) is 0 Å². The van der Waals surface area contributed by atoms with Crippen LogP contribution in [-0.2, 0) is 0 Å². The van der Waals surface area contributed by atoms with E-state index in [-0.39, 0.29) is 11.5 Å². The molecule has 6 heteroatoms. The van der Waals surface area contributed by atoms with Crippen LogP contribution in [0.15, 0.2) is 54.6 Å². The maximum absolute atomic E-state index is 13.7. The molecule has 3 aromatic rings. The molecule has 0 fully saturated rings. The molecule has 104 valence electrons. The highest BCUT2D eigenvalue weighted by atomic mass is 19.1. The molecule has 0 aliphatic rings. The summed E-state index contributed by atoms with van der Waals surface area (Å²) in [6.45, 7) is 0. The van der Waals surface area contributed by atoms with E-state index >= 15 is 0 Å². The predicted molar refractivity (Wildman–Crippen MR) is 76.0 cm³/mol. The van der Waals surface area contributed by atoms with Gasteiger partial charge in [-0.1, -0.05) is 42.5 Å². The number of nitrogen functional groups attached to an aromatic ring is 1. The summed E-state index contributed by atoms with van der Waals surface area (Å²) in [7, 11) is 0. The summed E-state index contributed by atoms with van der Waals surface area (Å²) < 4.78 is 14.6. The first-order valence-electron chi connectivity index (χ1n) is 6.24. The zero-order valence-electron chi connectivity index (χ0n) is 10.9. The fraction of sp³-hybridized carbons (Fsp3) is 0. The van der Waals surface area contributed by atoms with Crippen molar-refractivity contribution in [2.45, 2.75) is 0 Å². The molecule has 0 amide bonds. The predicted octanol–water partition coefficient (Wildman–Crippen LogP) is 2.35. The molecular formula is C15H11FN4O. The van der Waals surface area contributed by atoms with Crippen molar-refractivity contribution in [3.63, 3.8) is 0 Å². The van der Waals surface area contributed by atoms with Crippen LogP contribution >= 0.6 is 0 Å². The van der Waals surface area contributed by atoms with Gasteiger partial charge in [0.15, 0.2) is 5.82 Å².